The summed E-state index contributed by atoms with van der Waals surface area (Å²) in [5.74, 6) is 5.19. The van der Waals surface area contributed by atoms with Crippen LogP contribution < -0.4 is 0 Å². The Morgan fingerprint density at radius 3 is 1.00 bits per heavy atom. The molecule has 0 unspecified atom stereocenters. The zero-order valence-corrected chi connectivity index (χ0v) is 24.3. The molecule has 0 aromatic heterocycles. The summed E-state index contributed by atoms with van der Waals surface area (Å²) >= 11 is 0. The summed E-state index contributed by atoms with van der Waals surface area (Å²) in [4.78, 5) is 27.4. The Kier molecular flexibility index (Phi) is 12.6. The highest BCUT2D eigenvalue weighted by atomic mass is 16.2. The van der Waals surface area contributed by atoms with Crippen LogP contribution in [0.5, 0.6) is 0 Å². The van der Waals surface area contributed by atoms with E-state index in [1.165, 1.54) is 103 Å². The maximum atomic E-state index is 11.9. The number of carbonyl (C=O) groups is 2. The van der Waals surface area contributed by atoms with Crippen molar-refractivity contribution in [3.05, 3.63) is 0 Å². The maximum absolute atomic E-state index is 11.9. The highest BCUT2D eigenvalue weighted by Crippen LogP contribution is 2.38. The van der Waals surface area contributed by atoms with Crippen LogP contribution in [0.4, 0.5) is 0 Å². The lowest BCUT2D eigenvalue weighted by Crippen LogP contribution is -2.32. The summed E-state index contributed by atoms with van der Waals surface area (Å²) in [6.45, 7) is 0. The van der Waals surface area contributed by atoms with Gasteiger partial charge in [-0.1, -0.05) is 64.2 Å². The third kappa shape index (κ3) is 9.67. The lowest BCUT2D eigenvalue weighted by Gasteiger charge is -2.32. The molecule has 0 aromatic rings. The summed E-state index contributed by atoms with van der Waals surface area (Å²) in [6.07, 6.45) is 27.2. The molecule has 0 saturated heterocycles. The lowest BCUT2D eigenvalue weighted by molar-refractivity contribution is -0.135. The zero-order valence-electron chi connectivity index (χ0n) is 24.3. The monoisotopic (exact) mass is 502 g/mol. The molecule has 0 heterocycles. The number of rotatable bonds is 6. The third-order valence-electron chi connectivity index (χ3n) is 10.1. The second-order valence-corrected chi connectivity index (χ2v) is 13.4. The molecule has 0 bridgehead atoms. The quantitative estimate of drug-likeness (QED) is 0.373. The summed E-state index contributed by atoms with van der Waals surface area (Å²) < 4.78 is 0. The Balaban J connectivity index is 0.000000201. The Morgan fingerprint density at radius 1 is 0.444 bits per heavy atom. The van der Waals surface area contributed by atoms with Crippen LogP contribution in [0.1, 0.15) is 128 Å². The van der Waals surface area contributed by atoms with Crippen molar-refractivity contribution in [3.63, 3.8) is 0 Å². The first kappa shape index (κ1) is 29.5. The van der Waals surface area contributed by atoms with Crippen LogP contribution in [0.15, 0.2) is 0 Å². The van der Waals surface area contributed by atoms with Gasteiger partial charge in [-0.2, -0.15) is 0 Å². The highest BCUT2D eigenvalue weighted by molar-refractivity contribution is 5.78. The molecule has 2 amide bonds. The van der Waals surface area contributed by atoms with Crippen LogP contribution in [0, 0.1) is 35.5 Å². The van der Waals surface area contributed by atoms with Crippen molar-refractivity contribution >= 4 is 11.8 Å². The fraction of sp³-hybridized carbons (Fsp3) is 0.938. The van der Waals surface area contributed by atoms with Gasteiger partial charge < -0.3 is 9.80 Å². The fourth-order valence-corrected chi connectivity index (χ4v) is 7.81. The topological polar surface area (TPSA) is 40.6 Å². The van der Waals surface area contributed by atoms with Crippen LogP contribution in [0.2, 0.25) is 0 Å². The van der Waals surface area contributed by atoms with Crippen molar-refractivity contribution in [2.24, 2.45) is 35.5 Å². The molecule has 4 aliphatic carbocycles. The van der Waals surface area contributed by atoms with E-state index >= 15 is 0 Å². The average Bonchev–Trinajstić information content (AvgIpc) is 2.90. The molecule has 0 N–H and O–H groups in total. The van der Waals surface area contributed by atoms with Gasteiger partial charge in [0.15, 0.2) is 0 Å². The number of nitrogens with zero attached hydrogens (tertiary/aromatic N) is 2. The normalized spacial score (nSPS) is 30.1. The average molecular weight is 503 g/mol. The zero-order chi connectivity index (χ0) is 25.9. The highest BCUT2D eigenvalue weighted by Gasteiger charge is 2.30. The Hall–Kier alpha value is -1.06. The molecular weight excluding hydrogens is 444 g/mol. The van der Waals surface area contributed by atoms with Gasteiger partial charge in [0.2, 0.25) is 11.8 Å². The van der Waals surface area contributed by atoms with E-state index in [9.17, 15) is 9.59 Å². The van der Waals surface area contributed by atoms with E-state index in [-0.39, 0.29) is 0 Å². The van der Waals surface area contributed by atoms with Crippen molar-refractivity contribution in [2.45, 2.75) is 128 Å². The van der Waals surface area contributed by atoms with Gasteiger partial charge in [-0.05, 0) is 87.9 Å². The molecule has 0 aliphatic heterocycles. The van der Waals surface area contributed by atoms with Crippen LogP contribution in [-0.4, -0.2) is 49.8 Å². The predicted molar refractivity (Wildman–Crippen MR) is 151 cm³/mol. The number of carbonyl (C=O) groups excluding carboxylic acids is 2. The Morgan fingerprint density at radius 2 is 0.722 bits per heavy atom. The molecule has 4 nitrogen and oxygen atoms in total. The first-order valence-electron chi connectivity index (χ1n) is 15.8. The van der Waals surface area contributed by atoms with Crippen LogP contribution in [0.3, 0.4) is 0 Å². The third-order valence-corrected chi connectivity index (χ3v) is 10.1. The molecule has 0 aromatic carbocycles. The van der Waals surface area contributed by atoms with Crippen LogP contribution in [-0.2, 0) is 9.59 Å². The van der Waals surface area contributed by atoms with Gasteiger partial charge in [0.1, 0.15) is 0 Å². The van der Waals surface area contributed by atoms with Crippen molar-refractivity contribution in [2.75, 3.05) is 28.2 Å². The van der Waals surface area contributed by atoms with Crippen LogP contribution in [0.25, 0.3) is 0 Å². The second kappa shape index (κ2) is 15.4. The molecule has 0 spiro atoms. The van der Waals surface area contributed by atoms with Gasteiger partial charge >= 0.3 is 0 Å². The smallest absolute Gasteiger partial charge is 0.225 e. The number of hydrogen-bond acceptors (Lipinski definition) is 2. The van der Waals surface area contributed by atoms with Gasteiger partial charge in [0.05, 0.1) is 0 Å². The molecule has 0 radical (unpaired) electrons. The van der Waals surface area contributed by atoms with Gasteiger partial charge in [-0.3, -0.25) is 9.59 Å². The van der Waals surface area contributed by atoms with Gasteiger partial charge in [0.25, 0.3) is 0 Å². The van der Waals surface area contributed by atoms with E-state index in [0.29, 0.717) is 23.7 Å². The second-order valence-electron chi connectivity index (χ2n) is 13.4. The first-order chi connectivity index (χ1) is 17.3. The minimum absolute atomic E-state index is 0.322. The summed E-state index contributed by atoms with van der Waals surface area (Å²) in [7, 11) is 7.54. The fourth-order valence-electron chi connectivity index (χ4n) is 7.81. The molecule has 0 atom stereocenters. The molecule has 36 heavy (non-hydrogen) atoms. The first-order valence-corrected chi connectivity index (χ1v) is 15.8. The minimum Gasteiger partial charge on any atom is -0.349 e. The molecular formula is C32H58N2O2. The molecule has 4 heteroatoms. The van der Waals surface area contributed by atoms with E-state index in [1.807, 2.05) is 28.2 Å². The van der Waals surface area contributed by atoms with E-state index in [4.69, 9.17) is 0 Å². The van der Waals surface area contributed by atoms with Gasteiger partial charge in [-0.15, -0.1) is 0 Å². The lowest BCUT2D eigenvalue weighted by atomic mass is 9.75. The van der Waals surface area contributed by atoms with Gasteiger partial charge in [0, 0.05) is 40.0 Å². The summed E-state index contributed by atoms with van der Waals surface area (Å²) in [6, 6.07) is 0. The van der Waals surface area contributed by atoms with E-state index in [0.717, 1.165) is 49.4 Å². The Bertz CT molecular complexity index is 577. The molecule has 4 saturated carbocycles. The standard InChI is InChI=1S/2C16H29NO/c2*1-17(2)16(18)15-10-8-14(9-11-15)12-13-6-4-3-5-7-13/h2*13-15H,3-12H2,1-2H3. The minimum atomic E-state index is 0.322. The SMILES string of the molecule is CN(C)C(=O)C1CCC(CC2CCCCC2)CC1.CN(C)C(=O)C1CCC(CC2CCCCC2)CC1. The molecule has 4 fully saturated rings. The van der Waals surface area contributed by atoms with E-state index in [1.54, 1.807) is 9.80 Å². The predicted octanol–water partition coefficient (Wildman–Crippen LogP) is 7.70. The van der Waals surface area contributed by atoms with Crippen molar-refractivity contribution < 1.29 is 9.59 Å². The van der Waals surface area contributed by atoms with Crippen molar-refractivity contribution in [1.82, 2.24) is 9.80 Å². The summed E-state index contributed by atoms with van der Waals surface area (Å²) in [5.41, 5.74) is 0. The largest absolute Gasteiger partial charge is 0.349 e. The Labute approximate surface area is 223 Å². The van der Waals surface area contributed by atoms with Crippen molar-refractivity contribution in [1.29, 1.82) is 0 Å². The van der Waals surface area contributed by atoms with Gasteiger partial charge in [-0.25, -0.2) is 0 Å². The molecule has 4 rings (SSSR count). The molecule has 4 aliphatic rings. The van der Waals surface area contributed by atoms with Crippen LogP contribution >= 0.6 is 0 Å². The number of amides is 2. The summed E-state index contributed by atoms with van der Waals surface area (Å²) in [5, 5.41) is 0. The molecule has 208 valence electrons. The maximum Gasteiger partial charge on any atom is 0.225 e. The van der Waals surface area contributed by atoms with E-state index in [2.05, 4.69) is 0 Å². The number of hydrogen-bond donors (Lipinski definition) is 0. The van der Waals surface area contributed by atoms with Crippen molar-refractivity contribution in [3.8, 4) is 0 Å². The van der Waals surface area contributed by atoms with E-state index < -0.39 is 0 Å².